The first-order valence-corrected chi connectivity index (χ1v) is 7.08. The minimum Gasteiger partial charge on any atom is -0.455 e. The smallest absolute Gasteiger partial charge is 0.150 e. The van der Waals surface area contributed by atoms with Gasteiger partial charge in [-0.05, 0) is 37.1 Å². The molecule has 0 aliphatic carbocycles. The molecule has 3 nitrogen and oxygen atoms in total. The third-order valence-electron chi connectivity index (χ3n) is 3.38. The zero-order valence-corrected chi connectivity index (χ0v) is 11.4. The number of ether oxygens (including phenoxy) is 2. The van der Waals surface area contributed by atoms with Crippen molar-refractivity contribution < 1.29 is 9.47 Å². The SMILES string of the molecule is c1ccc(Oc2ccccc2NC2CCCOC2)cc1. The van der Waals surface area contributed by atoms with E-state index in [4.69, 9.17) is 9.47 Å². The lowest BCUT2D eigenvalue weighted by Crippen LogP contribution is -2.30. The van der Waals surface area contributed by atoms with E-state index in [1.807, 2.05) is 54.6 Å². The molecule has 3 rings (SSSR count). The molecule has 2 aromatic rings. The molecule has 0 radical (unpaired) electrons. The Labute approximate surface area is 119 Å². The molecule has 1 aliphatic heterocycles. The summed E-state index contributed by atoms with van der Waals surface area (Å²) < 4.78 is 11.5. The van der Waals surface area contributed by atoms with E-state index in [0.29, 0.717) is 6.04 Å². The molecular weight excluding hydrogens is 250 g/mol. The van der Waals surface area contributed by atoms with Gasteiger partial charge in [-0.1, -0.05) is 30.3 Å². The van der Waals surface area contributed by atoms with Crippen molar-refractivity contribution in [1.29, 1.82) is 0 Å². The molecule has 1 atom stereocenters. The zero-order valence-electron chi connectivity index (χ0n) is 11.4. The molecule has 0 aromatic heterocycles. The second-order valence-corrected chi connectivity index (χ2v) is 4.97. The lowest BCUT2D eigenvalue weighted by Gasteiger charge is -2.25. The minimum absolute atomic E-state index is 0.365. The maximum absolute atomic E-state index is 5.95. The Bertz CT molecular complexity index is 536. The largest absolute Gasteiger partial charge is 0.455 e. The maximum atomic E-state index is 5.95. The van der Waals surface area contributed by atoms with E-state index in [9.17, 15) is 0 Å². The molecular formula is C17H19NO2. The summed E-state index contributed by atoms with van der Waals surface area (Å²) in [6.45, 7) is 1.64. The first-order valence-electron chi connectivity index (χ1n) is 7.08. The van der Waals surface area contributed by atoms with Gasteiger partial charge in [0.1, 0.15) is 5.75 Å². The van der Waals surface area contributed by atoms with Crippen LogP contribution in [0, 0.1) is 0 Å². The van der Waals surface area contributed by atoms with Gasteiger partial charge in [0.15, 0.2) is 5.75 Å². The van der Waals surface area contributed by atoms with Gasteiger partial charge in [-0.25, -0.2) is 0 Å². The van der Waals surface area contributed by atoms with Gasteiger partial charge in [-0.15, -0.1) is 0 Å². The van der Waals surface area contributed by atoms with E-state index >= 15 is 0 Å². The molecule has 3 heteroatoms. The number of hydrogen-bond donors (Lipinski definition) is 1. The number of para-hydroxylation sites is 3. The van der Waals surface area contributed by atoms with Crippen molar-refractivity contribution in [3.8, 4) is 11.5 Å². The van der Waals surface area contributed by atoms with Crippen LogP contribution in [0.3, 0.4) is 0 Å². The van der Waals surface area contributed by atoms with E-state index < -0.39 is 0 Å². The van der Waals surface area contributed by atoms with Crippen LogP contribution in [0.25, 0.3) is 0 Å². The summed E-state index contributed by atoms with van der Waals surface area (Å²) in [6.07, 6.45) is 2.25. The number of hydrogen-bond acceptors (Lipinski definition) is 3. The van der Waals surface area contributed by atoms with Crippen molar-refractivity contribution in [1.82, 2.24) is 0 Å². The number of benzene rings is 2. The van der Waals surface area contributed by atoms with Crippen LogP contribution in [0.2, 0.25) is 0 Å². The van der Waals surface area contributed by atoms with Crippen molar-refractivity contribution in [2.45, 2.75) is 18.9 Å². The van der Waals surface area contributed by atoms with E-state index in [1.165, 1.54) is 0 Å². The Balaban J connectivity index is 1.74. The molecule has 2 aromatic carbocycles. The minimum atomic E-state index is 0.365. The standard InChI is InChI=1S/C17H19NO2/c1-2-8-15(9-3-1)20-17-11-5-4-10-16(17)18-14-7-6-12-19-13-14/h1-5,8-11,14,18H,6-7,12-13H2. The first-order chi connectivity index (χ1) is 9.92. The van der Waals surface area contributed by atoms with E-state index in [0.717, 1.165) is 43.2 Å². The van der Waals surface area contributed by atoms with Crippen molar-refractivity contribution in [2.24, 2.45) is 0 Å². The Morgan fingerprint density at radius 1 is 1.00 bits per heavy atom. The van der Waals surface area contributed by atoms with Crippen molar-refractivity contribution in [3.05, 3.63) is 54.6 Å². The van der Waals surface area contributed by atoms with Crippen LogP contribution >= 0.6 is 0 Å². The Morgan fingerprint density at radius 3 is 2.60 bits per heavy atom. The molecule has 1 unspecified atom stereocenters. The zero-order chi connectivity index (χ0) is 13.6. The number of nitrogens with one attached hydrogen (secondary N) is 1. The monoisotopic (exact) mass is 269 g/mol. The van der Waals surface area contributed by atoms with Crippen LogP contribution in [-0.4, -0.2) is 19.3 Å². The van der Waals surface area contributed by atoms with Crippen molar-refractivity contribution in [2.75, 3.05) is 18.5 Å². The van der Waals surface area contributed by atoms with E-state index in [1.54, 1.807) is 0 Å². The Kier molecular flexibility index (Phi) is 4.19. The molecule has 0 amide bonds. The number of rotatable bonds is 4. The first kappa shape index (κ1) is 13.0. The summed E-state index contributed by atoms with van der Waals surface area (Å²) in [4.78, 5) is 0. The molecule has 1 N–H and O–H groups in total. The second-order valence-electron chi connectivity index (χ2n) is 4.97. The van der Waals surface area contributed by atoms with E-state index in [-0.39, 0.29) is 0 Å². The van der Waals surface area contributed by atoms with Gasteiger partial charge in [0.25, 0.3) is 0 Å². The highest BCUT2D eigenvalue weighted by atomic mass is 16.5. The van der Waals surface area contributed by atoms with Crippen molar-refractivity contribution in [3.63, 3.8) is 0 Å². The fourth-order valence-corrected chi connectivity index (χ4v) is 2.36. The van der Waals surface area contributed by atoms with Crippen LogP contribution in [0.1, 0.15) is 12.8 Å². The fraction of sp³-hybridized carbons (Fsp3) is 0.294. The quantitative estimate of drug-likeness (QED) is 0.907. The third kappa shape index (κ3) is 3.31. The lowest BCUT2D eigenvalue weighted by molar-refractivity contribution is 0.0875. The molecule has 104 valence electrons. The molecule has 1 aliphatic rings. The average Bonchev–Trinajstić information content (AvgIpc) is 2.51. The lowest BCUT2D eigenvalue weighted by atomic mass is 10.1. The predicted octanol–water partition coefficient (Wildman–Crippen LogP) is 4.07. The third-order valence-corrected chi connectivity index (χ3v) is 3.38. The van der Waals surface area contributed by atoms with Gasteiger partial charge in [-0.3, -0.25) is 0 Å². The highest BCUT2D eigenvalue weighted by Crippen LogP contribution is 2.30. The van der Waals surface area contributed by atoms with Crippen LogP contribution in [-0.2, 0) is 4.74 Å². The predicted molar refractivity (Wildman–Crippen MR) is 80.4 cm³/mol. The van der Waals surface area contributed by atoms with Gasteiger partial charge in [0.05, 0.1) is 12.3 Å². The molecule has 20 heavy (non-hydrogen) atoms. The molecule has 1 heterocycles. The summed E-state index contributed by atoms with van der Waals surface area (Å²) in [5, 5.41) is 3.52. The summed E-state index contributed by atoms with van der Waals surface area (Å²) in [6, 6.07) is 18.2. The summed E-state index contributed by atoms with van der Waals surface area (Å²) in [5.74, 6) is 1.70. The molecule has 1 saturated heterocycles. The van der Waals surface area contributed by atoms with Gasteiger partial charge in [0, 0.05) is 12.6 Å². The number of anilines is 1. The highest BCUT2D eigenvalue weighted by molar-refractivity contribution is 5.58. The summed E-state index contributed by atoms with van der Waals surface area (Å²) in [7, 11) is 0. The van der Waals surface area contributed by atoms with Crippen LogP contribution < -0.4 is 10.1 Å². The molecule has 0 spiro atoms. The topological polar surface area (TPSA) is 30.5 Å². The van der Waals surface area contributed by atoms with Crippen LogP contribution in [0.15, 0.2) is 54.6 Å². The van der Waals surface area contributed by atoms with Gasteiger partial charge >= 0.3 is 0 Å². The van der Waals surface area contributed by atoms with Crippen LogP contribution in [0.5, 0.6) is 11.5 Å². The van der Waals surface area contributed by atoms with E-state index in [2.05, 4.69) is 5.32 Å². The Morgan fingerprint density at radius 2 is 1.80 bits per heavy atom. The summed E-state index contributed by atoms with van der Waals surface area (Å²) in [5.41, 5.74) is 1.02. The van der Waals surface area contributed by atoms with Gasteiger partial charge in [0.2, 0.25) is 0 Å². The fourth-order valence-electron chi connectivity index (χ4n) is 2.36. The van der Waals surface area contributed by atoms with Crippen molar-refractivity contribution >= 4 is 5.69 Å². The van der Waals surface area contributed by atoms with Crippen LogP contribution in [0.4, 0.5) is 5.69 Å². The van der Waals surface area contributed by atoms with Gasteiger partial charge in [-0.2, -0.15) is 0 Å². The molecule has 0 saturated carbocycles. The highest BCUT2D eigenvalue weighted by Gasteiger charge is 2.15. The average molecular weight is 269 g/mol. The molecule has 1 fully saturated rings. The summed E-state index contributed by atoms with van der Waals surface area (Å²) >= 11 is 0. The maximum Gasteiger partial charge on any atom is 0.150 e. The second kappa shape index (κ2) is 6.44. The molecule has 0 bridgehead atoms. The van der Waals surface area contributed by atoms with Gasteiger partial charge < -0.3 is 14.8 Å². The normalized spacial score (nSPS) is 18.5. The Hall–Kier alpha value is -2.00.